The fraction of sp³-hybridized carbons (Fsp3) is 0.417. The highest BCUT2D eigenvalue weighted by Gasteiger charge is 2.24. The lowest BCUT2D eigenvalue weighted by Gasteiger charge is -2.27. The summed E-state index contributed by atoms with van der Waals surface area (Å²) in [5, 5.41) is 0.649. The van der Waals surface area contributed by atoms with Crippen LogP contribution in [0.5, 0.6) is 11.5 Å². The van der Waals surface area contributed by atoms with Crippen molar-refractivity contribution in [3.63, 3.8) is 0 Å². The number of ether oxygens (including phenoxy) is 3. The first-order valence-corrected chi connectivity index (χ1v) is 11.6. The van der Waals surface area contributed by atoms with E-state index in [-0.39, 0.29) is 18.3 Å². The van der Waals surface area contributed by atoms with Gasteiger partial charge >= 0.3 is 0 Å². The number of amides is 1. The van der Waals surface area contributed by atoms with Crippen molar-refractivity contribution in [1.82, 2.24) is 9.88 Å². The number of rotatable bonds is 8. The van der Waals surface area contributed by atoms with E-state index in [4.69, 9.17) is 19.2 Å². The van der Waals surface area contributed by atoms with E-state index >= 15 is 0 Å². The van der Waals surface area contributed by atoms with Gasteiger partial charge in [-0.1, -0.05) is 29.0 Å². The van der Waals surface area contributed by atoms with E-state index in [1.807, 2.05) is 43.3 Å². The fourth-order valence-corrected chi connectivity index (χ4v) is 4.98. The van der Waals surface area contributed by atoms with E-state index in [9.17, 15) is 4.79 Å². The van der Waals surface area contributed by atoms with Gasteiger partial charge in [-0.25, -0.2) is 4.98 Å². The minimum Gasteiger partial charge on any atom is -0.495 e. The third-order valence-electron chi connectivity index (χ3n) is 5.60. The molecule has 1 aliphatic heterocycles. The van der Waals surface area contributed by atoms with Crippen LogP contribution in [0.4, 0.5) is 5.13 Å². The highest BCUT2D eigenvalue weighted by molar-refractivity contribution is 7.22. The molecule has 0 bridgehead atoms. The molecule has 2 aromatic carbocycles. The summed E-state index contributed by atoms with van der Waals surface area (Å²) in [4.78, 5) is 22.5. The molecule has 0 unspecified atom stereocenters. The van der Waals surface area contributed by atoms with Crippen molar-refractivity contribution >= 4 is 45.0 Å². The van der Waals surface area contributed by atoms with Crippen LogP contribution in [0.25, 0.3) is 10.2 Å². The number of carbonyl (C=O) groups is 1. The van der Waals surface area contributed by atoms with E-state index in [1.54, 1.807) is 19.1 Å². The van der Waals surface area contributed by atoms with Gasteiger partial charge in [-0.2, -0.15) is 0 Å². The molecule has 33 heavy (non-hydrogen) atoms. The predicted molar refractivity (Wildman–Crippen MR) is 135 cm³/mol. The van der Waals surface area contributed by atoms with Crippen LogP contribution < -0.4 is 14.4 Å². The number of anilines is 1. The van der Waals surface area contributed by atoms with Crippen LogP contribution in [-0.2, 0) is 4.74 Å². The molecule has 1 fully saturated rings. The average molecular weight is 492 g/mol. The second-order valence-electron chi connectivity index (χ2n) is 7.78. The molecule has 1 amide bonds. The van der Waals surface area contributed by atoms with Crippen molar-refractivity contribution in [2.75, 3.05) is 58.5 Å². The van der Waals surface area contributed by atoms with Crippen molar-refractivity contribution in [1.29, 1.82) is 0 Å². The number of nitrogens with zero attached hydrogens (tertiary/aromatic N) is 3. The Balaban J connectivity index is 0.00000306. The van der Waals surface area contributed by atoms with Gasteiger partial charge in [0.1, 0.15) is 21.7 Å². The maximum absolute atomic E-state index is 13.6. The standard InChI is InChI=1S/C24H29N3O4S.ClH/c1-17-6-4-7-18(16-17)23(28)27(11-5-10-26-12-14-31-15-13-26)24-25-21-19(29-2)8-9-20(30-3)22(21)32-24;/h4,6-9,16H,5,10-15H2,1-3H3;1H. The molecule has 0 N–H and O–H groups in total. The highest BCUT2D eigenvalue weighted by atomic mass is 35.5. The minimum absolute atomic E-state index is 0. The molecule has 0 radical (unpaired) electrons. The van der Waals surface area contributed by atoms with Crippen LogP contribution in [0.3, 0.4) is 0 Å². The number of benzene rings is 2. The number of hydrogen-bond donors (Lipinski definition) is 0. The Morgan fingerprint density at radius 2 is 1.88 bits per heavy atom. The van der Waals surface area contributed by atoms with Gasteiger partial charge in [0.15, 0.2) is 5.13 Å². The van der Waals surface area contributed by atoms with Crippen molar-refractivity contribution < 1.29 is 19.0 Å². The number of thiazole rings is 1. The van der Waals surface area contributed by atoms with Crippen LogP contribution >= 0.6 is 23.7 Å². The maximum atomic E-state index is 13.6. The third-order valence-corrected chi connectivity index (χ3v) is 6.69. The molecule has 3 aromatic rings. The molecule has 1 aromatic heterocycles. The quantitative estimate of drug-likeness (QED) is 0.465. The van der Waals surface area contributed by atoms with Gasteiger partial charge in [0.25, 0.3) is 5.91 Å². The predicted octanol–water partition coefficient (Wildman–Crippen LogP) is 4.41. The number of morpholine rings is 1. The van der Waals surface area contributed by atoms with Gasteiger partial charge in [0.05, 0.1) is 27.4 Å². The molecular weight excluding hydrogens is 462 g/mol. The minimum atomic E-state index is -0.0485. The normalized spacial score (nSPS) is 14.0. The first-order chi connectivity index (χ1) is 15.6. The number of halogens is 1. The van der Waals surface area contributed by atoms with E-state index < -0.39 is 0 Å². The number of methoxy groups -OCH3 is 2. The number of hydrogen-bond acceptors (Lipinski definition) is 7. The van der Waals surface area contributed by atoms with E-state index in [0.29, 0.717) is 28.5 Å². The largest absolute Gasteiger partial charge is 0.495 e. The smallest absolute Gasteiger partial charge is 0.260 e. The summed E-state index contributed by atoms with van der Waals surface area (Å²) in [6, 6.07) is 11.4. The topological polar surface area (TPSA) is 64.1 Å². The van der Waals surface area contributed by atoms with Crippen LogP contribution in [0, 0.1) is 6.92 Å². The molecule has 1 aliphatic rings. The van der Waals surface area contributed by atoms with Crippen LogP contribution in [-0.4, -0.2) is 69.4 Å². The Kier molecular flexibility index (Phi) is 8.91. The van der Waals surface area contributed by atoms with Gasteiger partial charge in [0, 0.05) is 31.7 Å². The second-order valence-corrected chi connectivity index (χ2v) is 8.76. The number of aryl methyl sites for hydroxylation is 1. The summed E-state index contributed by atoms with van der Waals surface area (Å²) >= 11 is 1.45. The first kappa shape index (κ1) is 25.2. The van der Waals surface area contributed by atoms with Crippen molar-refractivity contribution in [2.24, 2.45) is 0 Å². The molecular formula is C24H30ClN3O4S. The molecule has 1 saturated heterocycles. The zero-order valence-electron chi connectivity index (χ0n) is 19.2. The van der Waals surface area contributed by atoms with E-state index in [2.05, 4.69) is 4.90 Å². The maximum Gasteiger partial charge on any atom is 0.260 e. The van der Waals surface area contributed by atoms with Gasteiger partial charge < -0.3 is 14.2 Å². The zero-order valence-corrected chi connectivity index (χ0v) is 20.8. The van der Waals surface area contributed by atoms with E-state index in [1.165, 1.54) is 11.3 Å². The summed E-state index contributed by atoms with van der Waals surface area (Å²) in [6.45, 7) is 6.88. The van der Waals surface area contributed by atoms with Crippen molar-refractivity contribution in [2.45, 2.75) is 13.3 Å². The Bertz CT molecular complexity index is 1040. The Morgan fingerprint density at radius 1 is 1.15 bits per heavy atom. The summed E-state index contributed by atoms with van der Waals surface area (Å²) in [5.41, 5.74) is 2.42. The van der Waals surface area contributed by atoms with Crippen LogP contribution in [0.1, 0.15) is 22.3 Å². The lowest BCUT2D eigenvalue weighted by Crippen LogP contribution is -2.39. The number of aromatic nitrogens is 1. The molecule has 178 valence electrons. The Hall–Kier alpha value is -2.39. The third kappa shape index (κ3) is 5.76. The second kappa shape index (κ2) is 11.7. The lowest BCUT2D eigenvalue weighted by atomic mass is 10.1. The highest BCUT2D eigenvalue weighted by Crippen LogP contribution is 2.40. The molecule has 2 heterocycles. The number of fused-ring (bicyclic) bond motifs is 1. The molecule has 7 nitrogen and oxygen atoms in total. The van der Waals surface area contributed by atoms with Crippen LogP contribution in [0.2, 0.25) is 0 Å². The Morgan fingerprint density at radius 3 is 2.58 bits per heavy atom. The molecule has 0 saturated carbocycles. The summed E-state index contributed by atoms with van der Waals surface area (Å²) in [5.74, 6) is 1.34. The summed E-state index contributed by atoms with van der Waals surface area (Å²) in [6.07, 6.45) is 0.849. The number of carbonyl (C=O) groups excluding carboxylic acids is 1. The molecule has 0 aliphatic carbocycles. The van der Waals surface area contributed by atoms with Gasteiger partial charge in [-0.05, 0) is 37.6 Å². The molecule has 9 heteroatoms. The van der Waals surface area contributed by atoms with Crippen LogP contribution in [0.15, 0.2) is 36.4 Å². The SMILES string of the molecule is COc1ccc(OC)c2sc(N(CCCN3CCOCC3)C(=O)c3cccc(C)c3)nc12.Cl. The van der Waals surface area contributed by atoms with E-state index in [0.717, 1.165) is 55.3 Å². The zero-order chi connectivity index (χ0) is 22.5. The van der Waals surface area contributed by atoms with Gasteiger partial charge in [-0.3, -0.25) is 14.6 Å². The molecule has 4 rings (SSSR count). The monoisotopic (exact) mass is 491 g/mol. The van der Waals surface area contributed by atoms with Gasteiger partial charge in [0.2, 0.25) is 0 Å². The molecule has 0 spiro atoms. The first-order valence-electron chi connectivity index (χ1n) is 10.8. The van der Waals surface area contributed by atoms with Gasteiger partial charge in [-0.15, -0.1) is 12.4 Å². The summed E-state index contributed by atoms with van der Waals surface area (Å²) < 4.78 is 17.4. The summed E-state index contributed by atoms with van der Waals surface area (Å²) in [7, 11) is 3.26. The Labute approximate surface area is 204 Å². The fourth-order valence-electron chi connectivity index (χ4n) is 3.88. The molecule has 0 atom stereocenters. The lowest BCUT2D eigenvalue weighted by molar-refractivity contribution is 0.0376. The average Bonchev–Trinajstić information content (AvgIpc) is 3.26. The van der Waals surface area contributed by atoms with Crippen molar-refractivity contribution in [3.8, 4) is 11.5 Å². The van der Waals surface area contributed by atoms with Crippen molar-refractivity contribution in [3.05, 3.63) is 47.5 Å².